The number of nitrogens with zero attached hydrogens (tertiary/aromatic N) is 1. The lowest BCUT2D eigenvalue weighted by Crippen LogP contribution is -2.34. The second kappa shape index (κ2) is 8.22. The van der Waals surface area contributed by atoms with Crippen LogP contribution < -0.4 is 4.18 Å². The number of para-hydroxylation sites is 1. The molecule has 0 aliphatic rings. The fourth-order valence-electron chi connectivity index (χ4n) is 2.55. The van der Waals surface area contributed by atoms with Gasteiger partial charge < -0.3 is 9.08 Å². The van der Waals surface area contributed by atoms with Gasteiger partial charge >= 0.3 is 16.3 Å². The van der Waals surface area contributed by atoms with E-state index in [1.54, 1.807) is 12.1 Å². The second-order valence-corrected chi connectivity index (χ2v) is 7.96. The number of hydrogen-bond acceptors (Lipinski definition) is 4. The molecule has 0 heterocycles. The van der Waals surface area contributed by atoms with Gasteiger partial charge in [0.2, 0.25) is 5.91 Å². The van der Waals surface area contributed by atoms with Crippen LogP contribution in [-0.2, 0) is 27.6 Å². The van der Waals surface area contributed by atoms with Crippen LogP contribution in [0.5, 0.6) is 5.75 Å². The lowest BCUT2D eigenvalue weighted by atomic mass is 10.1. The highest BCUT2D eigenvalue weighted by Gasteiger charge is 2.32. The van der Waals surface area contributed by atoms with Crippen molar-refractivity contribution in [3.05, 3.63) is 59.7 Å². The number of carbonyl (C=O) groups is 1. The minimum Gasteiger partial charge on any atom is -0.379 e. The number of hydrogen-bond donors (Lipinski definition) is 0. The summed E-state index contributed by atoms with van der Waals surface area (Å²) in [6, 6.07) is 9.37. The molecular formula is C19H20F3NO4S. The highest BCUT2D eigenvalue weighted by Crippen LogP contribution is 2.31. The fraction of sp³-hybridized carbons (Fsp3) is 0.316. The molecule has 0 aromatic heterocycles. The van der Waals surface area contributed by atoms with Crippen LogP contribution in [-0.4, -0.2) is 25.3 Å². The Bertz CT molecular complexity index is 956. The van der Waals surface area contributed by atoms with Crippen LogP contribution in [0.1, 0.15) is 31.9 Å². The van der Waals surface area contributed by atoms with Crippen LogP contribution in [0.4, 0.5) is 13.2 Å². The molecule has 0 N–H and O–H groups in total. The van der Waals surface area contributed by atoms with Crippen molar-refractivity contribution in [2.75, 3.05) is 0 Å². The maximum absolute atomic E-state index is 12.9. The smallest absolute Gasteiger partial charge is 0.379 e. The van der Waals surface area contributed by atoms with Gasteiger partial charge in [-0.05, 0) is 38.1 Å². The summed E-state index contributed by atoms with van der Waals surface area (Å²) in [6.45, 7) is 5.11. The van der Waals surface area contributed by atoms with Crippen molar-refractivity contribution in [3.8, 4) is 5.75 Å². The summed E-state index contributed by atoms with van der Waals surface area (Å²) in [7, 11) is -4.50. The summed E-state index contributed by atoms with van der Waals surface area (Å²) in [6.07, 6.45) is -4.68. The average Bonchev–Trinajstić information content (AvgIpc) is 2.59. The second-order valence-electron chi connectivity index (χ2n) is 6.41. The van der Waals surface area contributed by atoms with Gasteiger partial charge in [-0.25, -0.2) is 0 Å². The summed E-state index contributed by atoms with van der Waals surface area (Å²) in [5, 5.41) is 0. The van der Waals surface area contributed by atoms with E-state index in [0.717, 1.165) is 18.2 Å². The zero-order valence-electron chi connectivity index (χ0n) is 15.5. The molecule has 0 aliphatic carbocycles. The molecule has 2 rings (SSSR count). The molecule has 0 radical (unpaired) electrons. The van der Waals surface area contributed by atoms with Crippen molar-refractivity contribution in [1.82, 2.24) is 4.90 Å². The van der Waals surface area contributed by atoms with Gasteiger partial charge in [-0.3, -0.25) is 4.79 Å². The van der Waals surface area contributed by atoms with E-state index < -0.39 is 26.8 Å². The van der Waals surface area contributed by atoms with Gasteiger partial charge in [-0.2, -0.15) is 21.6 Å². The van der Waals surface area contributed by atoms with E-state index >= 15 is 0 Å². The van der Waals surface area contributed by atoms with Gasteiger partial charge in [-0.15, -0.1) is 0 Å². The molecule has 0 fully saturated rings. The topological polar surface area (TPSA) is 63.7 Å². The first-order valence-corrected chi connectivity index (χ1v) is 9.79. The number of amides is 1. The Labute approximate surface area is 161 Å². The normalized spacial score (nSPS) is 12.1. The van der Waals surface area contributed by atoms with E-state index in [-0.39, 0.29) is 24.2 Å². The number of alkyl halides is 3. The highest BCUT2D eigenvalue weighted by atomic mass is 32.2. The van der Waals surface area contributed by atoms with Gasteiger partial charge in [0, 0.05) is 25.1 Å². The minimum atomic E-state index is -4.68. The Kier molecular flexibility index (Phi) is 6.38. The van der Waals surface area contributed by atoms with Crippen LogP contribution in [0, 0.1) is 0 Å². The molecule has 28 heavy (non-hydrogen) atoms. The first-order chi connectivity index (χ1) is 12.9. The molecule has 0 spiro atoms. The fourth-order valence-corrected chi connectivity index (χ4v) is 3.56. The summed E-state index contributed by atoms with van der Waals surface area (Å²) in [4.78, 5) is 12.7. The quantitative estimate of drug-likeness (QED) is 0.663. The lowest BCUT2D eigenvalue weighted by Gasteiger charge is -2.26. The Morgan fingerprint density at radius 3 is 2.32 bits per heavy atom. The van der Waals surface area contributed by atoms with E-state index in [9.17, 15) is 26.4 Å². The summed E-state index contributed by atoms with van der Waals surface area (Å²) >= 11 is 0. The predicted octanol–water partition coefficient (Wildman–Crippen LogP) is 4.23. The first kappa shape index (κ1) is 21.7. The third kappa shape index (κ3) is 5.25. The van der Waals surface area contributed by atoms with Crippen LogP contribution in [0.15, 0.2) is 53.4 Å². The van der Waals surface area contributed by atoms with Crippen molar-refractivity contribution in [1.29, 1.82) is 0 Å². The van der Waals surface area contributed by atoms with E-state index in [0.29, 0.717) is 11.6 Å². The predicted molar refractivity (Wildman–Crippen MR) is 97.1 cm³/mol. The van der Waals surface area contributed by atoms with Gasteiger partial charge in [0.25, 0.3) is 0 Å². The van der Waals surface area contributed by atoms with E-state index in [4.69, 9.17) is 4.18 Å². The molecule has 2 aromatic rings. The third-order valence-electron chi connectivity index (χ3n) is 3.99. The van der Waals surface area contributed by atoms with Crippen LogP contribution >= 0.6 is 0 Å². The molecule has 152 valence electrons. The van der Waals surface area contributed by atoms with Crippen molar-refractivity contribution in [3.63, 3.8) is 0 Å². The Morgan fingerprint density at radius 2 is 1.75 bits per heavy atom. The summed E-state index contributed by atoms with van der Waals surface area (Å²) in [5.74, 6) is -0.252. The van der Waals surface area contributed by atoms with Gasteiger partial charge in [-0.1, -0.05) is 24.3 Å². The van der Waals surface area contributed by atoms with Crippen molar-refractivity contribution < 1.29 is 30.6 Å². The molecule has 9 heteroatoms. The standard InChI is InChI=1S/C19H20F3NO4S/c1-13(2)23(14(3)24)12-15-7-4-5-10-18(15)27-28(25,26)17-9-6-8-16(11-17)19(20,21)22/h4-11,13H,12H2,1-3H3. The molecule has 0 bridgehead atoms. The van der Waals surface area contributed by atoms with E-state index in [2.05, 4.69) is 0 Å². The van der Waals surface area contributed by atoms with Gasteiger partial charge in [0.05, 0.1) is 5.56 Å². The Morgan fingerprint density at radius 1 is 1.11 bits per heavy atom. The van der Waals surface area contributed by atoms with Crippen molar-refractivity contribution >= 4 is 16.0 Å². The number of halogens is 3. The summed E-state index contributed by atoms with van der Waals surface area (Å²) in [5.41, 5.74) is -0.671. The molecule has 0 saturated carbocycles. The average molecular weight is 415 g/mol. The molecule has 0 atom stereocenters. The highest BCUT2D eigenvalue weighted by molar-refractivity contribution is 7.87. The molecule has 1 amide bonds. The Balaban J connectivity index is 2.37. The molecular weight excluding hydrogens is 395 g/mol. The van der Waals surface area contributed by atoms with Gasteiger partial charge in [0.15, 0.2) is 0 Å². The zero-order chi connectivity index (χ0) is 21.1. The lowest BCUT2D eigenvalue weighted by molar-refractivity contribution is -0.137. The first-order valence-electron chi connectivity index (χ1n) is 8.38. The SMILES string of the molecule is CC(=O)N(Cc1ccccc1OS(=O)(=O)c1cccc(C(F)(F)F)c1)C(C)C. The molecule has 5 nitrogen and oxygen atoms in total. The van der Waals surface area contributed by atoms with Crippen molar-refractivity contribution in [2.45, 2.75) is 44.4 Å². The molecule has 0 unspecified atom stereocenters. The third-order valence-corrected chi connectivity index (χ3v) is 5.22. The van der Waals surface area contributed by atoms with Crippen LogP contribution in [0.2, 0.25) is 0 Å². The van der Waals surface area contributed by atoms with Gasteiger partial charge in [0.1, 0.15) is 10.6 Å². The number of carbonyl (C=O) groups excluding carboxylic acids is 1. The molecule has 2 aromatic carbocycles. The summed E-state index contributed by atoms with van der Waals surface area (Å²) < 4.78 is 68.8. The van der Waals surface area contributed by atoms with Crippen LogP contribution in [0.25, 0.3) is 0 Å². The number of rotatable bonds is 6. The molecule has 0 aliphatic heterocycles. The largest absolute Gasteiger partial charge is 0.416 e. The maximum atomic E-state index is 12.9. The van der Waals surface area contributed by atoms with E-state index in [1.165, 1.54) is 24.0 Å². The number of benzene rings is 2. The van der Waals surface area contributed by atoms with Crippen molar-refractivity contribution in [2.24, 2.45) is 0 Å². The van der Waals surface area contributed by atoms with E-state index in [1.807, 2.05) is 13.8 Å². The van der Waals surface area contributed by atoms with Crippen LogP contribution in [0.3, 0.4) is 0 Å². The minimum absolute atomic E-state index is 0.0492. The maximum Gasteiger partial charge on any atom is 0.416 e. The zero-order valence-corrected chi connectivity index (χ0v) is 16.3. The monoisotopic (exact) mass is 415 g/mol. The molecule has 0 saturated heterocycles. The Hall–Kier alpha value is -2.55.